The molecule has 0 aliphatic carbocycles. The third-order valence-electron chi connectivity index (χ3n) is 4.37. The number of ether oxygens (including phenoxy) is 2. The summed E-state index contributed by atoms with van der Waals surface area (Å²) in [6.07, 6.45) is 7.18. The Bertz CT molecular complexity index is 568. The molecule has 2 aromatic rings. The van der Waals surface area contributed by atoms with Crippen LogP contribution < -0.4 is 9.47 Å². The minimum Gasteiger partial charge on any atom is -0.497 e. The first-order valence-corrected chi connectivity index (χ1v) is 8.31. The van der Waals surface area contributed by atoms with Gasteiger partial charge < -0.3 is 19.4 Å². The van der Waals surface area contributed by atoms with Crippen molar-refractivity contribution in [3.8, 4) is 11.5 Å². The Morgan fingerprint density at radius 3 is 2.83 bits per heavy atom. The molecule has 2 heterocycles. The minimum absolute atomic E-state index is 0.599. The van der Waals surface area contributed by atoms with Crippen LogP contribution >= 0.6 is 0 Å². The van der Waals surface area contributed by atoms with Gasteiger partial charge in [-0.1, -0.05) is 0 Å². The van der Waals surface area contributed by atoms with E-state index in [9.17, 15) is 0 Å². The van der Waals surface area contributed by atoms with Crippen molar-refractivity contribution in [1.82, 2.24) is 14.9 Å². The molecule has 0 saturated carbocycles. The maximum atomic E-state index is 5.94. The van der Waals surface area contributed by atoms with Gasteiger partial charge in [-0.15, -0.1) is 0 Å². The van der Waals surface area contributed by atoms with Gasteiger partial charge in [0.25, 0.3) is 0 Å². The summed E-state index contributed by atoms with van der Waals surface area (Å²) in [6.45, 7) is 4.13. The SMILES string of the molecule is COc1ccc(OC[C@H]2CCCN(CCc3ncc[nH]3)C2)cc1. The number of aromatic nitrogens is 2. The number of likely N-dealkylation sites (tertiary alicyclic amines) is 1. The number of rotatable bonds is 7. The van der Waals surface area contributed by atoms with E-state index >= 15 is 0 Å². The average molecular weight is 315 g/mol. The molecule has 124 valence electrons. The van der Waals surface area contributed by atoms with Crippen LogP contribution in [-0.4, -0.2) is 48.2 Å². The molecule has 23 heavy (non-hydrogen) atoms. The molecule has 1 aromatic carbocycles. The van der Waals surface area contributed by atoms with Crippen LogP contribution in [0.15, 0.2) is 36.7 Å². The Morgan fingerprint density at radius 2 is 2.09 bits per heavy atom. The van der Waals surface area contributed by atoms with Crippen LogP contribution in [0.1, 0.15) is 18.7 Å². The predicted octanol–water partition coefficient (Wildman–Crippen LogP) is 2.75. The molecular weight excluding hydrogens is 290 g/mol. The van der Waals surface area contributed by atoms with Crippen LogP contribution in [0.4, 0.5) is 0 Å². The molecule has 5 nitrogen and oxygen atoms in total. The zero-order valence-corrected chi connectivity index (χ0v) is 13.7. The molecule has 1 N–H and O–H groups in total. The Balaban J connectivity index is 1.42. The van der Waals surface area contributed by atoms with Gasteiger partial charge in [-0.25, -0.2) is 4.98 Å². The van der Waals surface area contributed by atoms with Crippen LogP contribution in [0.25, 0.3) is 0 Å². The second-order valence-corrected chi connectivity index (χ2v) is 6.08. The van der Waals surface area contributed by atoms with Crippen LogP contribution in [0.3, 0.4) is 0 Å². The lowest BCUT2D eigenvalue weighted by atomic mass is 9.99. The summed E-state index contributed by atoms with van der Waals surface area (Å²) in [5.41, 5.74) is 0. The van der Waals surface area contributed by atoms with Crippen molar-refractivity contribution >= 4 is 0 Å². The first-order valence-electron chi connectivity index (χ1n) is 8.31. The van der Waals surface area contributed by atoms with Crippen LogP contribution in [0.2, 0.25) is 0 Å². The molecule has 5 heteroatoms. The number of methoxy groups -OCH3 is 1. The molecule has 1 aliphatic rings. The highest BCUT2D eigenvalue weighted by molar-refractivity contribution is 5.31. The molecule has 1 aliphatic heterocycles. The Hall–Kier alpha value is -2.01. The van der Waals surface area contributed by atoms with Gasteiger partial charge in [0.05, 0.1) is 13.7 Å². The summed E-state index contributed by atoms with van der Waals surface area (Å²) in [5.74, 6) is 3.45. The van der Waals surface area contributed by atoms with Gasteiger partial charge in [-0.05, 0) is 43.7 Å². The lowest BCUT2D eigenvalue weighted by Gasteiger charge is -2.32. The number of H-pyrrole nitrogens is 1. The minimum atomic E-state index is 0.599. The topological polar surface area (TPSA) is 50.4 Å². The Kier molecular flexibility index (Phi) is 5.53. The maximum absolute atomic E-state index is 5.94. The number of piperidine rings is 1. The van der Waals surface area contributed by atoms with E-state index in [1.54, 1.807) is 7.11 Å². The van der Waals surface area contributed by atoms with Crippen molar-refractivity contribution in [2.75, 3.05) is 33.4 Å². The quantitative estimate of drug-likeness (QED) is 0.853. The van der Waals surface area contributed by atoms with E-state index in [1.165, 1.54) is 19.4 Å². The van der Waals surface area contributed by atoms with Crippen molar-refractivity contribution in [3.05, 3.63) is 42.5 Å². The fourth-order valence-electron chi connectivity index (χ4n) is 3.08. The predicted molar refractivity (Wildman–Crippen MR) is 89.9 cm³/mol. The monoisotopic (exact) mass is 315 g/mol. The fraction of sp³-hybridized carbons (Fsp3) is 0.500. The maximum Gasteiger partial charge on any atom is 0.119 e. The molecule has 0 radical (unpaired) electrons. The number of hydrogen-bond acceptors (Lipinski definition) is 4. The molecule has 0 amide bonds. The van der Waals surface area contributed by atoms with Gasteiger partial charge >= 0.3 is 0 Å². The van der Waals surface area contributed by atoms with E-state index in [2.05, 4.69) is 14.9 Å². The molecule has 1 atom stereocenters. The van der Waals surface area contributed by atoms with Gasteiger partial charge in [-0.3, -0.25) is 0 Å². The highest BCUT2D eigenvalue weighted by atomic mass is 16.5. The molecule has 0 unspecified atom stereocenters. The summed E-state index contributed by atoms with van der Waals surface area (Å²) in [7, 11) is 1.68. The van der Waals surface area contributed by atoms with Gasteiger partial charge in [0.1, 0.15) is 17.3 Å². The van der Waals surface area contributed by atoms with Crippen molar-refractivity contribution in [1.29, 1.82) is 0 Å². The second-order valence-electron chi connectivity index (χ2n) is 6.08. The number of hydrogen-bond donors (Lipinski definition) is 1. The number of imidazole rings is 1. The standard InChI is InChI=1S/C18H25N3O2/c1-22-16-4-6-17(7-5-16)23-14-15-3-2-11-21(13-15)12-8-18-19-9-10-20-18/h4-7,9-10,15H,2-3,8,11-14H2,1H3,(H,19,20)/t15-/m0/s1. The Morgan fingerprint density at radius 1 is 1.26 bits per heavy atom. The summed E-state index contributed by atoms with van der Waals surface area (Å²) in [4.78, 5) is 9.99. The highest BCUT2D eigenvalue weighted by Gasteiger charge is 2.20. The molecular formula is C18H25N3O2. The second kappa shape index (κ2) is 8.02. The smallest absolute Gasteiger partial charge is 0.119 e. The lowest BCUT2D eigenvalue weighted by molar-refractivity contribution is 0.131. The van der Waals surface area contributed by atoms with Crippen molar-refractivity contribution in [2.45, 2.75) is 19.3 Å². The Labute approximate surface area is 137 Å². The number of aromatic amines is 1. The lowest BCUT2D eigenvalue weighted by Crippen LogP contribution is -2.38. The zero-order chi connectivity index (χ0) is 15.9. The summed E-state index contributed by atoms with van der Waals surface area (Å²) in [5, 5.41) is 0. The summed E-state index contributed by atoms with van der Waals surface area (Å²) in [6, 6.07) is 7.81. The summed E-state index contributed by atoms with van der Waals surface area (Å²) >= 11 is 0. The van der Waals surface area contributed by atoms with Gasteiger partial charge in [0.2, 0.25) is 0 Å². The van der Waals surface area contributed by atoms with E-state index in [-0.39, 0.29) is 0 Å². The van der Waals surface area contributed by atoms with Crippen molar-refractivity contribution in [2.24, 2.45) is 5.92 Å². The van der Waals surface area contributed by atoms with Gasteiger partial charge in [0.15, 0.2) is 0 Å². The fourth-order valence-corrected chi connectivity index (χ4v) is 3.08. The van der Waals surface area contributed by atoms with E-state index in [0.717, 1.165) is 43.4 Å². The normalized spacial score (nSPS) is 18.7. The average Bonchev–Trinajstić information content (AvgIpc) is 3.12. The highest BCUT2D eigenvalue weighted by Crippen LogP contribution is 2.21. The molecule has 0 bridgehead atoms. The molecule has 0 spiro atoms. The molecule has 1 saturated heterocycles. The van der Waals surface area contributed by atoms with Crippen molar-refractivity contribution in [3.63, 3.8) is 0 Å². The largest absolute Gasteiger partial charge is 0.497 e. The number of nitrogens with zero attached hydrogens (tertiary/aromatic N) is 2. The van der Waals surface area contributed by atoms with E-state index in [0.29, 0.717) is 5.92 Å². The van der Waals surface area contributed by atoms with Crippen LogP contribution in [0.5, 0.6) is 11.5 Å². The van der Waals surface area contributed by atoms with Crippen molar-refractivity contribution < 1.29 is 9.47 Å². The summed E-state index contributed by atoms with van der Waals surface area (Å²) < 4.78 is 11.1. The third kappa shape index (κ3) is 4.73. The zero-order valence-electron chi connectivity index (χ0n) is 13.7. The number of benzene rings is 1. The molecule has 1 fully saturated rings. The first kappa shape index (κ1) is 15.9. The molecule has 1 aromatic heterocycles. The van der Waals surface area contributed by atoms with Gasteiger partial charge in [0, 0.05) is 37.8 Å². The van der Waals surface area contributed by atoms with E-state index in [4.69, 9.17) is 9.47 Å². The first-order chi connectivity index (χ1) is 11.3. The van der Waals surface area contributed by atoms with Crippen LogP contribution in [-0.2, 0) is 6.42 Å². The van der Waals surface area contributed by atoms with E-state index < -0.39 is 0 Å². The third-order valence-corrected chi connectivity index (χ3v) is 4.37. The van der Waals surface area contributed by atoms with Gasteiger partial charge in [-0.2, -0.15) is 0 Å². The molecule has 3 rings (SSSR count). The van der Waals surface area contributed by atoms with Crippen LogP contribution in [0, 0.1) is 5.92 Å². The van der Waals surface area contributed by atoms with E-state index in [1.807, 2.05) is 36.7 Å². The number of nitrogens with one attached hydrogen (secondary N) is 1.